The number of esters is 1. The van der Waals surface area contributed by atoms with Gasteiger partial charge in [-0.05, 0) is 55.3 Å². The minimum atomic E-state index is -0.513. The molecule has 0 fully saturated rings. The highest BCUT2D eigenvalue weighted by Crippen LogP contribution is 2.31. The first-order valence-electron chi connectivity index (χ1n) is 10.3. The Bertz CT molecular complexity index is 1220. The van der Waals surface area contributed by atoms with E-state index in [2.05, 4.69) is 4.99 Å². The van der Waals surface area contributed by atoms with Gasteiger partial charge in [-0.2, -0.15) is 0 Å². The summed E-state index contributed by atoms with van der Waals surface area (Å²) < 4.78 is 30.7. The molecular formula is C26H22FNO4. The lowest BCUT2D eigenvalue weighted by molar-refractivity contribution is -0.129. The van der Waals surface area contributed by atoms with Gasteiger partial charge in [-0.1, -0.05) is 42.5 Å². The Hall–Kier alpha value is -3.93. The Labute approximate surface area is 185 Å². The highest BCUT2D eigenvalue weighted by atomic mass is 19.1. The van der Waals surface area contributed by atoms with E-state index in [1.165, 1.54) is 6.07 Å². The van der Waals surface area contributed by atoms with Crippen LogP contribution in [0.1, 0.15) is 29.2 Å². The predicted octanol–water partition coefficient (Wildman–Crippen LogP) is 5.46. The molecule has 3 aromatic carbocycles. The lowest BCUT2D eigenvalue weighted by atomic mass is 10.1. The Morgan fingerprint density at radius 2 is 1.78 bits per heavy atom. The Morgan fingerprint density at radius 1 is 1.00 bits per heavy atom. The van der Waals surface area contributed by atoms with E-state index >= 15 is 0 Å². The summed E-state index contributed by atoms with van der Waals surface area (Å²) in [6.07, 6.45) is 1.64. The third-order valence-electron chi connectivity index (χ3n) is 4.91. The Kier molecular flexibility index (Phi) is 6.31. The van der Waals surface area contributed by atoms with Crippen molar-refractivity contribution in [3.05, 3.63) is 100 Å². The van der Waals surface area contributed by atoms with Gasteiger partial charge in [0.2, 0.25) is 5.90 Å². The number of ether oxygens (including phenoxy) is 3. The first-order valence-corrected chi connectivity index (χ1v) is 10.3. The van der Waals surface area contributed by atoms with Crippen molar-refractivity contribution in [1.29, 1.82) is 0 Å². The Morgan fingerprint density at radius 3 is 2.56 bits per heavy atom. The molecule has 0 aromatic heterocycles. The zero-order chi connectivity index (χ0) is 22.5. The van der Waals surface area contributed by atoms with E-state index in [1.807, 2.05) is 38.1 Å². The molecule has 1 heterocycles. The third-order valence-corrected chi connectivity index (χ3v) is 4.91. The van der Waals surface area contributed by atoms with Crippen LogP contribution < -0.4 is 9.47 Å². The number of benzene rings is 3. The van der Waals surface area contributed by atoms with Crippen LogP contribution in [0.3, 0.4) is 0 Å². The maximum absolute atomic E-state index is 13.9. The summed E-state index contributed by atoms with van der Waals surface area (Å²) in [5.41, 5.74) is 3.10. The van der Waals surface area contributed by atoms with E-state index in [4.69, 9.17) is 14.2 Å². The van der Waals surface area contributed by atoms with Crippen molar-refractivity contribution in [2.45, 2.75) is 20.5 Å². The van der Waals surface area contributed by atoms with E-state index < -0.39 is 5.97 Å². The normalized spacial score (nSPS) is 14.3. The highest BCUT2D eigenvalue weighted by Gasteiger charge is 2.25. The average Bonchev–Trinajstić information content (AvgIpc) is 3.14. The fraction of sp³-hybridized carbons (Fsp3) is 0.154. The molecule has 0 amide bonds. The van der Waals surface area contributed by atoms with Gasteiger partial charge in [0.15, 0.2) is 17.2 Å². The van der Waals surface area contributed by atoms with Crippen LogP contribution in [-0.4, -0.2) is 18.5 Å². The minimum Gasteiger partial charge on any atom is -0.490 e. The molecule has 0 spiro atoms. The number of nitrogens with zero attached hydrogens (tertiary/aromatic N) is 1. The van der Waals surface area contributed by atoms with Gasteiger partial charge < -0.3 is 14.2 Å². The predicted molar refractivity (Wildman–Crippen MR) is 120 cm³/mol. The summed E-state index contributed by atoms with van der Waals surface area (Å²) in [6, 6.07) is 19.3. The molecule has 162 valence electrons. The van der Waals surface area contributed by atoms with Crippen LogP contribution in [0.4, 0.5) is 4.39 Å². The number of hydrogen-bond acceptors (Lipinski definition) is 5. The molecule has 1 aliphatic rings. The van der Waals surface area contributed by atoms with Crippen LogP contribution in [0.25, 0.3) is 6.08 Å². The molecule has 0 atom stereocenters. The molecule has 0 N–H and O–H groups in total. The summed E-state index contributed by atoms with van der Waals surface area (Å²) in [4.78, 5) is 16.7. The second-order valence-corrected chi connectivity index (χ2v) is 7.17. The summed E-state index contributed by atoms with van der Waals surface area (Å²) >= 11 is 0. The second-order valence-electron chi connectivity index (χ2n) is 7.17. The number of carbonyl (C=O) groups excluding carboxylic acids is 1. The first-order chi connectivity index (χ1) is 15.5. The number of aliphatic imine (C=N–C) groups is 1. The lowest BCUT2D eigenvalue weighted by Crippen LogP contribution is -2.06. The molecule has 0 saturated heterocycles. The highest BCUT2D eigenvalue weighted by molar-refractivity contribution is 6.13. The standard InChI is InChI=1S/C26H22FNO4/c1-3-30-24-15-18(12-13-23(24)31-16-19-9-5-7-11-21(19)27)14-22-26(29)32-25(28-22)20-10-6-4-8-17(20)2/h4-15H,3,16H2,1-2H3/b22-14-. The van der Waals surface area contributed by atoms with Crippen molar-refractivity contribution >= 4 is 17.9 Å². The van der Waals surface area contributed by atoms with Crippen molar-refractivity contribution < 1.29 is 23.4 Å². The van der Waals surface area contributed by atoms with Crippen molar-refractivity contribution in [2.75, 3.05) is 6.61 Å². The van der Waals surface area contributed by atoms with E-state index in [0.29, 0.717) is 29.2 Å². The van der Waals surface area contributed by atoms with Crippen LogP contribution >= 0.6 is 0 Å². The Balaban J connectivity index is 1.58. The number of hydrogen-bond donors (Lipinski definition) is 0. The van der Waals surface area contributed by atoms with Gasteiger partial charge in [0.05, 0.1) is 6.61 Å². The van der Waals surface area contributed by atoms with E-state index in [9.17, 15) is 9.18 Å². The number of aryl methyl sites for hydroxylation is 1. The van der Waals surface area contributed by atoms with Crippen LogP contribution in [0.2, 0.25) is 0 Å². The van der Waals surface area contributed by atoms with Gasteiger partial charge in [0, 0.05) is 11.1 Å². The molecular weight excluding hydrogens is 409 g/mol. The van der Waals surface area contributed by atoms with Crippen LogP contribution in [0.15, 0.2) is 77.4 Å². The third kappa shape index (κ3) is 4.70. The topological polar surface area (TPSA) is 57.1 Å². The molecule has 6 heteroatoms. The summed E-state index contributed by atoms with van der Waals surface area (Å²) in [7, 11) is 0. The molecule has 1 aliphatic heterocycles. The number of halogens is 1. The van der Waals surface area contributed by atoms with E-state index in [0.717, 1.165) is 11.1 Å². The quantitative estimate of drug-likeness (QED) is 0.368. The van der Waals surface area contributed by atoms with E-state index in [-0.39, 0.29) is 24.0 Å². The lowest BCUT2D eigenvalue weighted by Gasteiger charge is -2.13. The number of carbonyl (C=O) groups is 1. The van der Waals surface area contributed by atoms with Gasteiger partial charge in [0.1, 0.15) is 12.4 Å². The number of cyclic esters (lactones) is 1. The molecule has 3 aromatic rings. The van der Waals surface area contributed by atoms with Gasteiger partial charge >= 0.3 is 5.97 Å². The molecule has 32 heavy (non-hydrogen) atoms. The first kappa shape index (κ1) is 21.3. The fourth-order valence-corrected chi connectivity index (χ4v) is 3.27. The second kappa shape index (κ2) is 9.47. The molecule has 4 rings (SSSR count). The monoisotopic (exact) mass is 431 g/mol. The van der Waals surface area contributed by atoms with Crippen molar-refractivity contribution in [1.82, 2.24) is 0 Å². The van der Waals surface area contributed by atoms with Gasteiger partial charge in [-0.3, -0.25) is 0 Å². The zero-order valence-corrected chi connectivity index (χ0v) is 17.8. The van der Waals surface area contributed by atoms with Crippen LogP contribution in [0.5, 0.6) is 11.5 Å². The zero-order valence-electron chi connectivity index (χ0n) is 17.8. The molecule has 0 aliphatic carbocycles. The molecule has 0 saturated carbocycles. The minimum absolute atomic E-state index is 0.0730. The van der Waals surface area contributed by atoms with Crippen molar-refractivity contribution in [3.8, 4) is 11.5 Å². The molecule has 0 radical (unpaired) electrons. The van der Waals surface area contributed by atoms with E-state index in [1.54, 1.807) is 42.5 Å². The maximum atomic E-state index is 13.9. The summed E-state index contributed by atoms with van der Waals surface area (Å²) in [6.45, 7) is 4.29. The molecule has 0 unspecified atom stereocenters. The van der Waals surface area contributed by atoms with Crippen molar-refractivity contribution in [3.63, 3.8) is 0 Å². The summed E-state index contributed by atoms with van der Waals surface area (Å²) in [5, 5.41) is 0. The summed E-state index contributed by atoms with van der Waals surface area (Å²) in [5.74, 6) is 0.423. The van der Waals surface area contributed by atoms with Crippen molar-refractivity contribution in [2.24, 2.45) is 4.99 Å². The van der Waals surface area contributed by atoms with Gasteiger partial charge in [0.25, 0.3) is 0 Å². The fourth-order valence-electron chi connectivity index (χ4n) is 3.27. The number of rotatable bonds is 7. The molecule has 0 bridgehead atoms. The van der Waals surface area contributed by atoms with Crippen LogP contribution in [-0.2, 0) is 16.1 Å². The van der Waals surface area contributed by atoms with Gasteiger partial charge in [-0.15, -0.1) is 0 Å². The van der Waals surface area contributed by atoms with Crippen LogP contribution in [0, 0.1) is 12.7 Å². The smallest absolute Gasteiger partial charge is 0.363 e. The SMILES string of the molecule is CCOc1cc(/C=C2\N=C(c3ccccc3C)OC2=O)ccc1OCc1ccccc1F. The molecule has 5 nitrogen and oxygen atoms in total. The largest absolute Gasteiger partial charge is 0.490 e. The van der Waals surface area contributed by atoms with Gasteiger partial charge in [-0.25, -0.2) is 14.2 Å². The maximum Gasteiger partial charge on any atom is 0.363 e. The average molecular weight is 431 g/mol.